The van der Waals surface area contributed by atoms with E-state index in [1.807, 2.05) is 11.8 Å². The number of hydrazine groups is 1. The fraction of sp³-hybridized carbons (Fsp3) is 0.538. The SMILES string of the molecule is Cc1cc(C(=O)N2CC3CCC(C2)O3)cc(NN)n1. The number of anilines is 1. The van der Waals surface area contributed by atoms with E-state index in [9.17, 15) is 4.79 Å². The number of hydrogen-bond acceptors (Lipinski definition) is 5. The van der Waals surface area contributed by atoms with Gasteiger partial charge in [-0.15, -0.1) is 0 Å². The van der Waals surface area contributed by atoms with Gasteiger partial charge < -0.3 is 15.1 Å². The van der Waals surface area contributed by atoms with Crippen LogP contribution in [0.4, 0.5) is 5.82 Å². The molecule has 6 heteroatoms. The van der Waals surface area contributed by atoms with Crippen LogP contribution in [0.2, 0.25) is 0 Å². The van der Waals surface area contributed by atoms with E-state index in [1.165, 1.54) is 0 Å². The second-order valence-electron chi connectivity index (χ2n) is 5.19. The number of rotatable bonds is 2. The molecular weight excluding hydrogens is 244 g/mol. The zero-order chi connectivity index (χ0) is 13.4. The molecule has 19 heavy (non-hydrogen) atoms. The summed E-state index contributed by atoms with van der Waals surface area (Å²) in [4.78, 5) is 18.6. The maximum atomic E-state index is 12.5. The Kier molecular flexibility index (Phi) is 3.12. The van der Waals surface area contributed by atoms with Gasteiger partial charge in [0.05, 0.1) is 12.2 Å². The number of carbonyl (C=O) groups excluding carboxylic acids is 1. The number of hydrogen-bond donors (Lipinski definition) is 2. The molecular formula is C13H18N4O2. The monoisotopic (exact) mass is 262 g/mol. The highest BCUT2D eigenvalue weighted by atomic mass is 16.5. The average molecular weight is 262 g/mol. The first-order valence-corrected chi connectivity index (χ1v) is 6.56. The van der Waals surface area contributed by atoms with Gasteiger partial charge in [0.15, 0.2) is 0 Å². The number of amides is 1. The van der Waals surface area contributed by atoms with Crippen molar-refractivity contribution < 1.29 is 9.53 Å². The Morgan fingerprint density at radius 3 is 2.74 bits per heavy atom. The molecule has 3 N–H and O–H groups in total. The molecule has 1 aromatic heterocycles. The van der Waals surface area contributed by atoms with Crippen LogP contribution in [0.3, 0.4) is 0 Å². The Labute approximate surface area is 111 Å². The number of carbonyl (C=O) groups is 1. The number of morpholine rings is 1. The topological polar surface area (TPSA) is 80.5 Å². The third-order valence-corrected chi connectivity index (χ3v) is 3.68. The molecule has 2 unspecified atom stereocenters. The van der Waals surface area contributed by atoms with Crippen molar-refractivity contribution in [1.82, 2.24) is 9.88 Å². The minimum Gasteiger partial charge on any atom is -0.371 e. The molecule has 102 valence electrons. The Bertz CT molecular complexity index is 493. The molecule has 2 atom stereocenters. The third kappa shape index (κ3) is 2.41. The van der Waals surface area contributed by atoms with Crippen molar-refractivity contribution in [2.24, 2.45) is 5.84 Å². The minimum atomic E-state index is 0.0298. The molecule has 0 aromatic carbocycles. The van der Waals surface area contributed by atoms with E-state index < -0.39 is 0 Å². The van der Waals surface area contributed by atoms with E-state index in [0.29, 0.717) is 24.5 Å². The van der Waals surface area contributed by atoms with Crippen molar-refractivity contribution in [2.75, 3.05) is 18.5 Å². The molecule has 0 radical (unpaired) electrons. The van der Waals surface area contributed by atoms with Gasteiger partial charge in [0, 0.05) is 24.3 Å². The van der Waals surface area contributed by atoms with E-state index in [-0.39, 0.29) is 18.1 Å². The normalized spacial score (nSPS) is 25.5. The van der Waals surface area contributed by atoms with Crippen molar-refractivity contribution in [2.45, 2.75) is 32.0 Å². The Balaban J connectivity index is 1.81. The standard InChI is InChI=1S/C13H18N4O2/c1-8-4-9(5-12(15-8)16-14)13(18)17-6-10-2-3-11(7-17)19-10/h4-5,10-11H,2-3,6-7,14H2,1H3,(H,15,16). The molecule has 3 rings (SSSR count). The molecule has 1 amide bonds. The molecule has 2 saturated heterocycles. The quantitative estimate of drug-likeness (QED) is 0.605. The largest absolute Gasteiger partial charge is 0.371 e. The first-order valence-electron chi connectivity index (χ1n) is 6.56. The van der Waals surface area contributed by atoms with Crippen LogP contribution < -0.4 is 11.3 Å². The van der Waals surface area contributed by atoms with Crippen LogP contribution in [0.1, 0.15) is 28.9 Å². The van der Waals surface area contributed by atoms with E-state index in [0.717, 1.165) is 18.5 Å². The number of ether oxygens (including phenoxy) is 1. The van der Waals surface area contributed by atoms with E-state index in [4.69, 9.17) is 10.6 Å². The highest BCUT2D eigenvalue weighted by molar-refractivity contribution is 5.95. The number of nitrogen functional groups attached to an aromatic ring is 1. The fourth-order valence-electron chi connectivity index (χ4n) is 2.83. The van der Waals surface area contributed by atoms with Crippen LogP contribution in [-0.4, -0.2) is 41.1 Å². The van der Waals surface area contributed by atoms with Gasteiger partial charge in [-0.2, -0.15) is 0 Å². The highest BCUT2D eigenvalue weighted by Gasteiger charge is 2.36. The van der Waals surface area contributed by atoms with Crippen molar-refractivity contribution in [3.05, 3.63) is 23.4 Å². The van der Waals surface area contributed by atoms with E-state index in [2.05, 4.69) is 10.4 Å². The fourth-order valence-corrected chi connectivity index (χ4v) is 2.83. The number of nitrogens with one attached hydrogen (secondary N) is 1. The van der Waals surface area contributed by atoms with E-state index >= 15 is 0 Å². The van der Waals surface area contributed by atoms with Crippen LogP contribution in [0.5, 0.6) is 0 Å². The zero-order valence-electron chi connectivity index (χ0n) is 10.9. The van der Waals surface area contributed by atoms with Crippen LogP contribution in [0.25, 0.3) is 0 Å². The summed E-state index contributed by atoms with van der Waals surface area (Å²) in [6.07, 6.45) is 2.52. The lowest BCUT2D eigenvalue weighted by Gasteiger charge is -2.32. The van der Waals surface area contributed by atoms with Gasteiger partial charge in [-0.1, -0.05) is 0 Å². The maximum absolute atomic E-state index is 12.5. The number of nitrogens with two attached hydrogens (primary N) is 1. The van der Waals surface area contributed by atoms with Gasteiger partial charge in [-0.25, -0.2) is 10.8 Å². The second kappa shape index (κ2) is 4.79. The van der Waals surface area contributed by atoms with Gasteiger partial charge in [0.1, 0.15) is 5.82 Å². The summed E-state index contributed by atoms with van der Waals surface area (Å²) in [6, 6.07) is 3.48. The highest BCUT2D eigenvalue weighted by Crippen LogP contribution is 2.27. The van der Waals surface area contributed by atoms with Gasteiger partial charge in [0.25, 0.3) is 5.91 Å². The summed E-state index contributed by atoms with van der Waals surface area (Å²) in [7, 11) is 0. The van der Waals surface area contributed by atoms with Gasteiger partial charge in [0.2, 0.25) is 0 Å². The summed E-state index contributed by atoms with van der Waals surface area (Å²) in [6.45, 7) is 3.21. The van der Waals surface area contributed by atoms with Crippen LogP contribution >= 0.6 is 0 Å². The molecule has 0 aliphatic carbocycles. The second-order valence-corrected chi connectivity index (χ2v) is 5.19. The average Bonchev–Trinajstić information content (AvgIpc) is 2.75. The summed E-state index contributed by atoms with van der Waals surface area (Å²) < 4.78 is 5.74. The first-order chi connectivity index (χ1) is 9.15. The summed E-state index contributed by atoms with van der Waals surface area (Å²) in [5.41, 5.74) is 3.89. The van der Waals surface area contributed by atoms with Gasteiger partial charge in [-0.3, -0.25) is 4.79 Å². The number of pyridine rings is 1. The van der Waals surface area contributed by atoms with Crippen molar-refractivity contribution in [1.29, 1.82) is 0 Å². The molecule has 2 aliphatic heterocycles. The molecule has 3 heterocycles. The summed E-state index contributed by atoms with van der Waals surface area (Å²) in [5, 5.41) is 0. The molecule has 0 spiro atoms. The van der Waals surface area contributed by atoms with Crippen molar-refractivity contribution in [3.8, 4) is 0 Å². The Hall–Kier alpha value is -1.66. The molecule has 1 aromatic rings. The van der Waals surface area contributed by atoms with Crippen LogP contribution in [0, 0.1) is 6.92 Å². The predicted octanol–water partition coefficient (Wildman–Crippen LogP) is 0.679. The van der Waals surface area contributed by atoms with Crippen molar-refractivity contribution >= 4 is 11.7 Å². The smallest absolute Gasteiger partial charge is 0.254 e. The number of nitrogens with zero attached hydrogens (tertiary/aromatic N) is 2. The number of likely N-dealkylation sites (tertiary alicyclic amines) is 1. The maximum Gasteiger partial charge on any atom is 0.254 e. The minimum absolute atomic E-state index is 0.0298. The Morgan fingerprint density at radius 2 is 2.11 bits per heavy atom. The lowest BCUT2D eigenvalue weighted by atomic mass is 10.1. The van der Waals surface area contributed by atoms with Gasteiger partial charge in [-0.05, 0) is 31.9 Å². The zero-order valence-corrected chi connectivity index (χ0v) is 10.9. The number of fused-ring (bicyclic) bond motifs is 2. The first kappa shape index (κ1) is 12.4. The third-order valence-electron chi connectivity index (χ3n) is 3.68. The molecule has 2 fully saturated rings. The molecule has 2 bridgehead atoms. The lowest BCUT2D eigenvalue weighted by Crippen LogP contribution is -2.45. The van der Waals surface area contributed by atoms with Crippen LogP contribution in [0.15, 0.2) is 12.1 Å². The Morgan fingerprint density at radius 1 is 1.42 bits per heavy atom. The molecule has 2 aliphatic rings. The van der Waals surface area contributed by atoms with Crippen molar-refractivity contribution in [3.63, 3.8) is 0 Å². The summed E-state index contributed by atoms with van der Waals surface area (Å²) >= 11 is 0. The number of aromatic nitrogens is 1. The molecule has 0 saturated carbocycles. The van der Waals surface area contributed by atoms with Crippen LogP contribution in [-0.2, 0) is 4.74 Å². The van der Waals surface area contributed by atoms with E-state index in [1.54, 1.807) is 12.1 Å². The lowest BCUT2D eigenvalue weighted by molar-refractivity contribution is -0.0303. The predicted molar refractivity (Wildman–Crippen MR) is 70.6 cm³/mol. The van der Waals surface area contributed by atoms with Gasteiger partial charge >= 0.3 is 0 Å². The summed E-state index contributed by atoms with van der Waals surface area (Å²) in [5.74, 6) is 5.91. The number of aryl methyl sites for hydroxylation is 1. The molecule has 6 nitrogen and oxygen atoms in total.